The Balaban J connectivity index is 1.36. The number of rotatable bonds is 5. The van der Waals surface area contributed by atoms with Crippen LogP contribution >= 0.6 is 11.6 Å². The first kappa shape index (κ1) is 16.6. The van der Waals surface area contributed by atoms with Crippen LogP contribution in [0.1, 0.15) is 24.0 Å². The molecule has 0 aromatic heterocycles. The van der Waals surface area contributed by atoms with Gasteiger partial charge in [-0.25, -0.2) is 4.79 Å². The van der Waals surface area contributed by atoms with Crippen molar-refractivity contribution in [2.75, 3.05) is 32.9 Å². The first-order valence-electron chi connectivity index (χ1n) is 8.22. The molecule has 2 heterocycles. The zero-order chi connectivity index (χ0) is 16.1. The summed E-state index contributed by atoms with van der Waals surface area (Å²) in [5, 5.41) is 3.73. The highest BCUT2D eigenvalue weighted by atomic mass is 35.5. The predicted molar refractivity (Wildman–Crippen MR) is 88.8 cm³/mol. The van der Waals surface area contributed by atoms with Crippen LogP contribution in [0.2, 0.25) is 5.02 Å². The molecule has 1 N–H and O–H groups in total. The molecule has 1 aromatic rings. The molecule has 0 aliphatic carbocycles. The van der Waals surface area contributed by atoms with Gasteiger partial charge < -0.3 is 19.7 Å². The first-order valence-corrected chi connectivity index (χ1v) is 8.59. The van der Waals surface area contributed by atoms with Crippen LogP contribution in [0.5, 0.6) is 0 Å². The monoisotopic (exact) mass is 338 g/mol. The van der Waals surface area contributed by atoms with E-state index in [1.165, 1.54) is 11.1 Å². The van der Waals surface area contributed by atoms with Gasteiger partial charge in [-0.3, -0.25) is 0 Å². The standard InChI is InChI=1S/C17H23ClN2O3/c18-15-3-2-14-11-20(7-4-13(14)10-15)17(21)19-6-1-8-23-16-5-9-22-12-16/h2-3,10,16H,1,4-9,11-12H2,(H,19,21). The van der Waals surface area contributed by atoms with E-state index in [1.807, 2.05) is 23.1 Å². The van der Waals surface area contributed by atoms with E-state index in [1.54, 1.807) is 0 Å². The Bertz CT molecular complexity index is 547. The summed E-state index contributed by atoms with van der Waals surface area (Å²) in [5.74, 6) is 0. The van der Waals surface area contributed by atoms with Crippen molar-refractivity contribution in [3.63, 3.8) is 0 Å². The number of nitrogens with zero attached hydrogens (tertiary/aromatic N) is 1. The molecule has 5 nitrogen and oxygen atoms in total. The van der Waals surface area contributed by atoms with Crippen LogP contribution in [0.3, 0.4) is 0 Å². The Morgan fingerprint density at radius 3 is 3.17 bits per heavy atom. The molecular weight excluding hydrogens is 316 g/mol. The molecule has 2 aliphatic rings. The highest BCUT2D eigenvalue weighted by molar-refractivity contribution is 6.30. The van der Waals surface area contributed by atoms with E-state index in [0.29, 0.717) is 26.3 Å². The summed E-state index contributed by atoms with van der Waals surface area (Å²) in [6, 6.07) is 5.88. The fourth-order valence-electron chi connectivity index (χ4n) is 2.97. The molecule has 1 aromatic carbocycles. The van der Waals surface area contributed by atoms with E-state index in [0.717, 1.165) is 37.4 Å². The number of amides is 2. The lowest BCUT2D eigenvalue weighted by Crippen LogP contribution is -2.43. The second kappa shape index (κ2) is 7.99. The minimum atomic E-state index is -0.00482. The highest BCUT2D eigenvalue weighted by Gasteiger charge is 2.20. The number of fused-ring (bicyclic) bond motifs is 1. The molecule has 1 saturated heterocycles. The molecule has 0 saturated carbocycles. The molecule has 1 fully saturated rings. The Morgan fingerprint density at radius 1 is 1.43 bits per heavy atom. The second-order valence-corrected chi connectivity index (χ2v) is 6.46. The van der Waals surface area contributed by atoms with Crippen LogP contribution in [-0.4, -0.2) is 49.9 Å². The number of carbonyl (C=O) groups excluding carboxylic acids is 1. The van der Waals surface area contributed by atoms with Crippen molar-refractivity contribution in [3.05, 3.63) is 34.3 Å². The summed E-state index contributed by atoms with van der Waals surface area (Å²) in [6.07, 6.45) is 2.89. The third kappa shape index (κ3) is 4.59. The summed E-state index contributed by atoms with van der Waals surface area (Å²) in [7, 11) is 0. The summed E-state index contributed by atoms with van der Waals surface area (Å²) in [4.78, 5) is 14.1. The van der Waals surface area contributed by atoms with Crippen LogP contribution in [0.25, 0.3) is 0 Å². The molecule has 2 aliphatic heterocycles. The predicted octanol–water partition coefficient (Wildman–Crippen LogP) is 2.60. The maximum absolute atomic E-state index is 12.2. The van der Waals surface area contributed by atoms with E-state index in [2.05, 4.69) is 5.32 Å². The minimum Gasteiger partial charge on any atom is -0.379 e. The number of urea groups is 1. The second-order valence-electron chi connectivity index (χ2n) is 6.03. The zero-order valence-corrected chi connectivity index (χ0v) is 14.0. The maximum atomic E-state index is 12.2. The Kier molecular flexibility index (Phi) is 5.75. The van der Waals surface area contributed by atoms with Crippen molar-refractivity contribution >= 4 is 17.6 Å². The summed E-state index contributed by atoms with van der Waals surface area (Å²) in [5.41, 5.74) is 2.43. The lowest BCUT2D eigenvalue weighted by Gasteiger charge is -2.29. The first-order chi connectivity index (χ1) is 11.2. The molecule has 6 heteroatoms. The van der Waals surface area contributed by atoms with Gasteiger partial charge in [0, 0.05) is 37.9 Å². The zero-order valence-electron chi connectivity index (χ0n) is 13.2. The summed E-state index contributed by atoms with van der Waals surface area (Å²) < 4.78 is 10.9. The normalized spacial score (nSPS) is 20.4. The quantitative estimate of drug-likeness (QED) is 0.840. The van der Waals surface area contributed by atoms with Crippen LogP contribution in [0.15, 0.2) is 18.2 Å². The van der Waals surface area contributed by atoms with Gasteiger partial charge in [0.1, 0.15) is 0 Å². The number of hydrogen-bond donors (Lipinski definition) is 1. The summed E-state index contributed by atoms with van der Waals surface area (Å²) in [6.45, 7) is 4.17. The molecule has 3 rings (SSSR count). The van der Waals surface area contributed by atoms with Gasteiger partial charge in [0.05, 0.1) is 12.7 Å². The van der Waals surface area contributed by atoms with Gasteiger partial charge in [-0.2, -0.15) is 0 Å². The van der Waals surface area contributed by atoms with Crippen molar-refractivity contribution in [1.29, 1.82) is 0 Å². The van der Waals surface area contributed by atoms with Crippen LogP contribution in [0, 0.1) is 0 Å². The molecule has 0 radical (unpaired) electrons. The van der Waals surface area contributed by atoms with Crippen LogP contribution in [0.4, 0.5) is 4.79 Å². The van der Waals surface area contributed by atoms with E-state index in [9.17, 15) is 4.79 Å². The Hall–Kier alpha value is -1.30. The lowest BCUT2D eigenvalue weighted by atomic mass is 10.0. The molecular formula is C17H23ClN2O3. The van der Waals surface area contributed by atoms with Crippen molar-refractivity contribution in [1.82, 2.24) is 10.2 Å². The topological polar surface area (TPSA) is 50.8 Å². The number of carbonyl (C=O) groups is 1. The number of halogens is 1. The average molecular weight is 339 g/mol. The largest absolute Gasteiger partial charge is 0.379 e. The molecule has 1 unspecified atom stereocenters. The molecule has 0 bridgehead atoms. The summed E-state index contributed by atoms with van der Waals surface area (Å²) >= 11 is 6.01. The SMILES string of the molecule is O=C(NCCCOC1CCOC1)N1CCc2cc(Cl)ccc2C1. The molecule has 0 spiro atoms. The van der Waals surface area contributed by atoms with Crippen LogP contribution in [-0.2, 0) is 22.4 Å². The maximum Gasteiger partial charge on any atom is 0.317 e. The van der Waals surface area contributed by atoms with Gasteiger partial charge in [-0.15, -0.1) is 0 Å². The third-order valence-corrected chi connectivity index (χ3v) is 4.54. The highest BCUT2D eigenvalue weighted by Crippen LogP contribution is 2.22. The van der Waals surface area contributed by atoms with Crippen molar-refractivity contribution in [3.8, 4) is 0 Å². The third-order valence-electron chi connectivity index (χ3n) is 4.31. The van der Waals surface area contributed by atoms with Gasteiger partial charge in [0.2, 0.25) is 0 Å². The van der Waals surface area contributed by atoms with E-state index in [4.69, 9.17) is 21.1 Å². The number of benzene rings is 1. The number of nitrogens with one attached hydrogen (secondary N) is 1. The van der Waals surface area contributed by atoms with Crippen molar-refractivity contribution in [2.24, 2.45) is 0 Å². The number of ether oxygens (including phenoxy) is 2. The smallest absolute Gasteiger partial charge is 0.317 e. The van der Waals surface area contributed by atoms with E-state index >= 15 is 0 Å². The van der Waals surface area contributed by atoms with Crippen molar-refractivity contribution < 1.29 is 14.3 Å². The molecule has 126 valence electrons. The average Bonchev–Trinajstić information content (AvgIpc) is 3.07. The lowest BCUT2D eigenvalue weighted by molar-refractivity contribution is 0.0417. The fraction of sp³-hybridized carbons (Fsp3) is 0.588. The molecule has 1 atom stereocenters. The van der Waals surface area contributed by atoms with E-state index < -0.39 is 0 Å². The Morgan fingerprint density at radius 2 is 2.35 bits per heavy atom. The van der Waals surface area contributed by atoms with E-state index in [-0.39, 0.29) is 12.1 Å². The fourth-order valence-corrected chi connectivity index (χ4v) is 3.16. The molecule has 2 amide bonds. The Labute approximate surface area is 141 Å². The van der Waals surface area contributed by atoms with Crippen LogP contribution < -0.4 is 5.32 Å². The van der Waals surface area contributed by atoms with Crippen molar-refractivity contribution in [2.45, 2.75) is 31.9 Å². The van der Waals surface area contributed by atoms with Gasteiger partial charge in [0.25, 0.3) is 0 Å². The van der Waals surface area contributed by atoms with Gasteiger partial charge in [-0.05, 0) is 42.5 Å². The molecule has 23 heavy (non-hydrogen) atoms. The van der Waals surface area contributed by atoms with Gasteiger partial charge >= 0.3 is 6.03 Å². The number of hydrogen-bond acceptors (Lipinski definition) is 3. The van der Waals surface area contributed by atoms with Gasteiger partial charge in [-0.1, -0.05) is 17.7 Å². The minimum absolute atomic E-state index is 0.00482. The van der Waals surface area contributed by atoms with Gasteiger partial charge in [0.15, 0.2) is 0 Å².